The molecule has 1 aliphatic heterocycles. The van der Waals surface area contributed by atoms with E-state index in [1.165, 1.54) is 4.90 Å². The molecule has 1 aliphatic carbocycles. The lowest BCUT2D eigenvalue weighted by Crippen LogP contribution is -2.52. The second-order valence-electron chi connectivity index (χ2n) is 5.10. The predicted molar refractivity (Wildman–Crippen MR) is 64.4 cm³/mol. The first-order valence-electron chi connectivity index (χ1n) is 6.40. The molecular weight excluding hydrogens is 250 g/mol. The summed E-state index contributed by atoms with van der Waals surface area (Å²) in [4.78, 5) is 47.8. The van der Waals surface area contributed by atoms with E-state index in [2.05, 4.69) is 0 Å². The fourth-order valence-electron chi connectivity index (χ4n) is 3.03. The molecule has 3 amide bonds. The molecule has 0 spiro atoms. The number of nitrogens with two attached hydrogens (primary N) is 2. The highest BCUT2D eigenvalue weighted by molar-refractivity contribution is 6.44. The zero-order valence-corrected chi connectivity index (χ0v) is 10.5. The van der Waals surface area contributed by atoms with Crippen molar-refractivity contribution in [2.24, 2.45) is 17.4 Å². The minimum atomic E-state index is -1.44. The van der Waals surface area contributed by atoms with Crippen LogP contribution in [0.3, 0.4) is 0 Å². The quantitative estimate of drug-likeness (QED) is 0.486. The number of carbonyl (C=O) groups excluding carboxylic acids is 4. The van der Waals surface area contributed by atoms with E-state index in [-0.39, 0.29) is 6.04 Å². The molecule has 19 heavy (non-hydrogen) atoms. The Balaban J connectivity index is 2.34. The highest BCUT2D eigenvalue weighted by Gasteiger charge is 2.54. The highest BCUT2D eigenvalue weighted by atomic mass is 16.2. The van der Waals surface area contributed by atoms with Gasteiger partial charge in [0.15, 0.2) is 0 Å². The van der Waals surface area contributed by atoms with Gasteiger partial charge in [0, 0.05) is 6.04 Å². The van der Waals surface area contributed by atoms with Crippen LogP contribution < -0.4 is 11.5 Å². The van der Waals surface area contributed by atoms with Gasteiger partial charge >= 0.3 is 0 Å². The van der Waals surface area contributed by atoms with E-state index in [0.29, 0.717) is 12.8 Å². The summed E-state index contributed by atoms with van der Waals surface area (Å²) >= 11 is 0. The summed E-state index contributed by atoms with van der Waals surface area (Å²) in [5.41, 5.74) is 10.4. The van der Waals surface area contributed by atoms with Crippen LogP contribution in [0.4, 0.5) is 0 Å². The van der Waals surface area contributed by atoms with Gasteiger partial charge in [-0.05, 0) is 12.8 Å². The zero-order valence-electron chi connectivity index (χ0n) is 10.5. The number of carbonyl (C=O) groups is 4. The first-order chi connectivity index (χ1) is 8.95. The minimum absolute atomic E-state index is 0.202. The van der Waals surface area contributed by atoms with E-state index in [1.54, 1.807) is 0 Å². The maximum absolute atomic E-state index is 12.0. The number of nitrogens with zero attached hydrogens (tertiary/aromatic N) is 1. The number of likely N-dealkylation sites (tertiary alicyclic amines) is 1. The molecule has 0 aromatic carbocycles. The second-order valence-corrected chi connectivity index (χ2v) is 5.10. The lowest BCUT2D eigenvalue weighted by atomic mass is 9.92. The van der Waals surface area contributed by atoms with E-state index in [0.717, 1.165) is 19.3 Å². The number of ketones is 1. The van der Waals surface area contributed by atoms with Gasteiger partial charge in [0.05, 0.1) is 0 Å². The largest absolute Gasteiger partial charge is 0.369 e. The van der Waals surface area contributed by atoms with Gasteiger partial charge in [0.1, 0.15) is 12.0 Å². The molecular formula is C12H17N3O4. The summed E-state index contributed by atoms with van der Waals surface area (Å²) in [6.07, 6.45) is 4.35. The van der Waals surface area contributed by atoms with Crippen molar-refractivity contribution in [3.63, 3.8) is 0 Å². The number of Topliss-reactive ketones (excluding diaryl/α,β-unsaturated/α-hetero) is 1. The molecule has 0 aromatic heterocycles. The molecule has 1 saturated carbocycles. The molecule has 104 valence electrons. The van der Waals surface area contributed by atoms with Gasteiger partial charge in [-0.3, -0.25) is 19.2 Å². The van der Waals surface area contributed by atoms with Crippen LogP contribution in [-0.2, 0) is 19.2 Å². The minimum Gasteiger partial charge on any atom is -0.369 e. The Kier molecular flexibility index (Phi) is 3.55. The number of hydrogen-bond donors (Lipinski definition) is 2. The molecule has 2 fully saturated rings. The first-order valence-corrected chi connectivity index (χ1v) is 6.40. The molecule has 0 unspecified atom stereocenters. The number of amides is 3. The van der Waals surface area contributed by atoms with Crippen LogP contribution in [0.15, 0.2) is 0 Å². The molecule has 7 heteroatoms. The Bertz CT molecular complexity index is 442. The average molecular weight is 267 g/mol. The number of hydrogen-bond acceptors (Lipinski definition) is 4. The van der Waals surface area contributed by atoms with Crippen LogP contribution in [0, 0.1) is 5.92 Å². The van der Waals surface area contributed by atoms with Gasteiger partial charge in [0.25, 0.3) is 5.91 Å². The maximum atomic E-state index is 12.0. The summed E-state index contributed by atoms with van der Waals surface area (Å²) in [6, 6.07) is -1.42. The first kappa shape index (κ1) is 13.5. The molecule has 2 atom stereocenters. The maximum Gasteiger partial charge on any atom is 0.291 e. The van der Waals surface area contributed by atoms with E-state index < -0.39 is 35.5 Å². The summed E-state index contributed by atoms with van der Waals surface area (Å²) in [5.74, 6) is -4.98. The van der Waals surface area contributed by atoms with Crippen molar-refractivity contribution < 1.29 is 19.2 Å². The van der Waals surface area contributed by atoms with Crippen molar-refractivity contribution in [3.05, 3.63) is 0 Å². The van der Waals surface area contributed by atoms with Gasteiger partial charge in [-0.1, -0.05) is 19.3 Å². The smallest absolute Gasteiger partial charge is 0.291 e. The summed E-state index contributed by atoms with van der Waals surface area (Å²) in [5, 5.41) is 0. The van der Waals surface area contributed by atoms with Gasteiger partial charge in [0.2, 0.25) is 17.6 Å². The van der Waals surface area contributed by atoms with Gasteiger partial charge < -0.3 is 16.4 Å². The van der Waals surface area contributed by atoms with E-state index in [9.17, 15) is 19.2 Å². The molecule has 1 heterocycles. The van der Waals surface area contributed by atoms with E-state index >= 15 is 0 Å². The highest BCUT2D eigenvalue weighted by Crippen LogP contribution is 2.31. The van der Waals surface area contributed by atoms with Crippen molar-refractivity contribution in [1.82, 2.24) is 4.90 Å². The Labute approximate surface area is 110 Å². The molecule has 1 saturated heterocycles. The monoisotopic (exact) mass is 267 g/mol. The van der Waals surface area contributed by atoms with Crippen molar-refractivity contribution >= 4 is 23.5 Å². The lowest BCUT2D eigenvalue weighted by molar-refractivity contribution is -0.143. The summed E-state index contributed by atoms with van der Waals surface area (Å²) in [6.45, 7) is 0. The Morgan fingerprint density at radius 3 is 2.05 bits per heavy atom. The van der Waals surface area contributed by atoms with Gasteiger partial charge in [-0.25, -0.2) is 0 Å². The lowest BCUT2D eigenvalue weighted by Gasteiger charge is -2.34. The Morgan fingerprint density at radius 2 is 1.58 bits per heavy atom. The number of primary amides is 2. The topological polar surface area (TPSA) is 124 Å². The van der Waals surface area contributed by atoms with Crippen molar-refractivity contribution in [3.8, 4) is 0 Å². The Morgan fingerprint density at radius 1 is 1.00 bits per heavy atom. The number of rotatable bonds is 3. The van der Waals surface area contributed by atoms with Crippen LogP contribution in [0.5, 0.6) is 0 Å². The molecule has 0 bridgehead atoms. The van der Waals surface area contributed by atoms with Crippen LogP contribution in [-0.4, -0.2) is 40.5 Å². The fraction of sp³-hybridized carbons (Fsp3) is 0.667. The normalized spacial score (nSPS) is 28.7. The van der Waals surface area contributed by atoms with Crippen LogP contribution in [0.25, 0.3) is 0 Å². The van der Waals surface area contributed by atoms with Gasteiger partial charge in [-0.15, -0.1) is 0 Å². The summed E-state index contributed by atoms with van der Waals surface area (Å²) < 4.78 is 0. The third-order valence-electron chi connectivity index (χ3n) is 3.91. The third kappa shape index (κ3) is 2.20. The van der Waals surface area contributed by atoms with Crippen LogP contribution in [0.2, 0.25) is 0 Å². The molecule has 7 nitrogen and oxygen atoms in total. The van der Waals surface area contributed by atoms with E-state index in [1.807, 2.05) is 0 Å². The zero-order chi connectivity index (χ0) is 14.2. The van der Waals surface area contributed by atoms with Crippen LogP contribution in [0.1, 0.15) is 32.1 Å². The molecule has 0 radical (unpaired) electrons. The molecule has 2 rings (SSSR count). The molecule has 2 aliphatic rings. The SMILES string of the molecule is NC(=O)[C@H]1C(=O)C(=O)N(C2CCCCC2)[C@@H]1C(N)=O. The molecule has 0 aromatic rings. The average Bonchev–Trinajstić information content (AvgIpc) is 2.64. The summed E-state index contributed by atoms with van der Waals surface area (Å²) in [7, 11) is 0. The molecule has 4 N–H and O–H groups in total. The third-order valence-corrected chi connectivity index (χ3v) is 3.91. The van der Waals surface area contributed by atoms with Gasteiger partial charge in [-0.2, -0.15) is 0 Å². The standard InChI is InChI=1S/C12H17N3O4/c13-10(17)7-8(11(14)18)15(12(19)9(7)16)6-4-2-1-3-5-6/h6-8H,1-5H2,(H2,13,17)(H2,14,18)/t7-,8+/m1/s1. The van der Waals surface area contributed by atoms with Crippen molar-refractivity contribution in [2.45, 2.75) is 44.2 Å². The van der Waals surface area contributed by atoms with Crippen molar-refractivity contribution in [2.75, 3.05) is 0 Å². The fourth-order valence-corrected chi connectivity index (χ4v) is 3.03. The van der Waals surface area contributed by atoms with Crippen molar-refractivity contribution in [1.29, 1.82) is 0 Å². The van der Waals surface area contributed by atoms with Crippen LogP contribution >= 0.6 is 0 Å². The predicted octanol–water partition coefficient (Wildman–Crippen LogP) is -1.31. The second kappa shape index (κ2) is 4.99. The van der Waals surface area contributed by atoms with E-state index in [4.69, 9.17) is 11.5 Å². The Hall–Kier alpha value is -1.92.